The van der Waals surface area contributed by atoms with Crippen molar-refractivity contribution in [2.24, 2.45) is 0 Å². The third-order valence-electron chi connectivity index (χ3n) is 2.15. The van der Waals surface area contributed by atoms with Gasteiger partial charge in [0.2, 0.25) is 0 Å². The number of halogens is 1. The van der Waals surface area contributed by atoms with Gasteiger partial charge in [0.05, 0.1) is 11.6 Å². The highest BCUT2D eigenvalue weighted by Crippen LogP contribution is 2.25. The molecule has 1 aromatic carbocycles. The van der Waals surface area contributed by atoms with Crippen LogP contribution in [0.5, 0.6) is 5.75 Å². The summed E-state index contributed by atoms with van der Waals surface area (Å²) in [4.78, 5) is 2.24. The van der Waals surface area contributed by atoms with Gasteiger partial charge in [-0.1, -0.05) is 6.07 Å². The topological polar surface area (TPSA) is 12.5 Å². The molecule has 1 rings (SSSR count). The predicted octanol–water partition coefficient (Wildman–Crippen LogP) is 2.82. The van der Waals surface area contributed by atoms with Gasteiger partial charge in [0.1, 0.15) is 5.75 Å². The molecule has 0 heterocycles. The first-order valence-electron chi connectivity index (χ1n) is 4.79. The summed E-state index contributed by atoms with van der Waals surface area (Å²) < 4.78 is 6.18. The predicted molar refractivity (Wildman–Crippen MR) is 70.9 cm³/mol. The van der Waals surface area contributed by atoms with Gasteiger partial charge in [-0.15, -0.1) is 0 Å². The standard InChI is InChI=1S/C11H16BrNOS/c1-13(5-6-15)8-9-3-4-11(14-2)10(12)7-9/h3-4,7,15H,5-6,8H2,1-2H3. The Morgan fingerprint density at radius 2 is 2.20 bits per heavy atom. The van der Waals surface area contributed by atoms with Gasteiger partial charge in [0.15, 0.2) is 0 Å². The minimum Gasteiger partial charge on any atom is -0.496 e. The van der Waals surface area contributed by atoms with E-state index < -0.39 is 0 Å². The molecule has 0 aliphatic rings. The fourth-order valence-corrected chi connectivity index (χ4v) is 2.30. The van der Waals surface area contributed by atoms with Crippen LogP contribution in [0.2, 0.25) is 0 Å². The SMILES string of the molecule is COc1ccc(CN(C)CCS)cc1Br. The van der Waals surface area contributed by atoms with Crippen molar-refractivity contribution in [3.05, 3.63) is 28.2 Å². The number of methoxy groups -OCH3 is 1. The largest absolute Gasteiger partial charge is 0.496 e. The van der Waals surface area contributed by atoms with E-state index in [1.165, 1.54) is 5.56 Å². The molecule has 0 saturated heterocycles. The molecule has 0 N–H and O–H groups in total. The molecule has 0 bridgehead atoms. The van der Waals surface area contributed by atoms with Gasteiger partial charge in [-0.05, 0) is 40.7 Å². The Hall–Kier alpha value is -0.190. The Morgan fingerprint density at radius 3 is 2.73 bits per heavy atom. The molecular weight excluding hydrogens is 274 g/mol. The number of benzene rings is 1. The van der Waals surface area contributed by atoms with Crippen LogP contribution in [0.15, 0.2) is 22.7 Å². The van der Waals surface area contributed by atoms with Crippen molar-refractivity contribution >= 4 is 28.6 Å². The zero-order chi connectivity index (χ0) is 11.3. The maximum Gasteiger partial charge on any atom is 0.133 e. The monoisotopic (exact) mass is 289 g/mol. The molecule has 0 aliphatic heterocycles. The fraction of sp³-hybridized carbons (Fsp3) is 0.455. The van der Waals surface area contributed by atoms with E-state index in [-0.39, 0.29) is 0 Å². The van der Waals surface area contributed by atoms with Gasteiger partial charge < -0.3 is 9.64 Å². The van der Waals surface area contributed by atoms with Crippen molar-refractivity contribution in [2.75, 3.05) is 26.5 Å². The van der Waals surface area contributed by atoms with Gasteiger partial charge in [-0.25, -0.2) is 0 Å². The van der Waals surface area contributed by atoms with E-state index in [4.69, 9.17) is 4.74 Å². The van der Waals surface area contributed by atoms with Crippen LogP contribution in [0.25, 0.3) is 0 Å². The Balaban J connectivity index is 2.66. The maximum absolute atomic E-state index is 5.18. The zero-order valence-electron chi connectivity index (χ0n) is 9.03. The quantitative estimate of drug-likeness (QED) is 0.837. The third-order valence-corrected chi connectivity index (χ3v) is 2.97. The number of ether oxygens (including phenoxy) is 1. The van der Waals surface area contributed by atoms with Crippen LogP contribution in [0.4, 0.5) is 0 Å². The van der Waals surface area contributed by atoms with Crippen molar-refractivity contribution in [2.45, 2.75) is 6.54 Å². The lowest BCUT2D eigenvalue weighted by Gasteiger charge is -2.15. The van der Waals surface area contributed by atoms with Crippen molar-refractivity contribution in [3.63, 3.8) is 0 Å². The first-order valence-corrected chi connectivity index (χ1v) is 6.21. The van der Waals surface area contributed by atoms with Crippen molar-refractivity contribution in [3.8, 4) is 5.75 Å². The number of rotatable bonds is 5. The smallest absolute Gasteiger partial charge is 0.133 e. The van der Waals surface area contributed by atoms with Crippen LogP contribution in [-0.4, -0.2) is 31.4 Å². The minimum atomic E-state index is 0.871. The van der Waals surface area contributed by atoms with E-state index in [1.54, 1.807) is 7.11 Å². The molecule has 0 unspecified atom stereocenters. The van der Waals surface area contributed by atoms with E-state index >= 15 is 0 Å². The first-order chi connectivity index (χ1) is 7.17. The number of hydrogen-bond donors (Lipinski definition) is 1. The summed E-state index contributed by atoms with van der Waals surface area (Å²) in [5.41, 5.74) is 1.27. The van der Waals surface area contributed by atoms with Crippen molar-refractivity contribution < 1.29 is 4.74 Å². The Labute approximate surface area is 105 Å². The lowest BCUT2D eigenvalue weighted by atomic mass is 10.2. The Kier molecular flexibility index (Phi) is 5.50. The molecule has 2 nitrogen and oxygen atoms in total. The highest BCUT2D eigenvalue weighted by atomic mass is 79.9. The van der Waals surface area contributed by atoms with Crippen LogP contribution in [0.3, 0.4) is 0 Å². The zero-order valence-corrected chi connectivity index (χ0v) is 11.5. The number of hydrogen-bond acceptors (Lipinski definition) is 3. The van der Waals surface area contributed by atoms with E-state index in [0.717, 1.165) is 29.1 Å². The second-order valence-electron chi connectivity index (χ2n) is 3.43. The summed E-state index contributed by atoms with van der Waals surface area (Å²) in [6.45, 7) is 1.93. The highest BCUT2D eigenvalue weighted by molar-refractivity contribution is 9.10. The van der Waals surface area contributed by atoms with E-state index in [9.17, 15) is 0 Å². The van der Waals surface area contributed by atoms with Gasteiger partial charge in [-0.3, -0.25) is 0 Å². The molecule has 0 aliphatic carbocycles. The van der Waals surface area contributed by atoms with E-state index in [2.05, 4.69) is 52.6 Å². The Morgan fingerprint density at radius 1 is 1.47 bits per heavy atom. The molecule has 0 fully saturated rings. The summed E-state index contributed by atoms with van der Waals surface area (Å²) in [6.07, 6.45) is 0. The molecule has 1 aromatic rings. The number of thiol groups is 1. The Bertz CT molecular complexity index is 319. The van der Waals surface area contributed by atoms with Crippen molar-refractivity contribution in [1.29, 1.82) is 0 Å². The average Bonchev–Trinajstić information content (AvgIpc) is 2.18. The molecule has 0 spiro atoms. The fourth-order valence-electron chi connectivity index (χ4n) is 1.37. The molecule has 0 saturated carbocycles. The highest BCUT2D eigenvalue weighted by Gasteiger charge is 2.03. The summed E-state index contributed by atoms with van der Waals surface area (Å²) in [7, 11) is 3.77. The first kappa shape index (κ1) is 12.9. The van der Waals surface area contributed by atoms with Crippen LogP contribution in [-0.2, 0) is 6.54 Å². The van der Waals surface area contributed by atoms with E-state index in [0.29, 0.717) is 0 Å². The van der Waals surface area contributed by atoms with Crippen LogP contribution in [0, 0.1) is 0 Å². The number of nitrogens with zero attached hydrogens (tertiary/aromatic N) is 1. The molecule has 84 valence electrons. The molecule has 0 aromatic heterocycles. The van der Waals surface area contributed by atoms with Gasteiger partial charge in [-0.2, -0.15) is 12.6 Å². The summed E-state index contributed by atoms with van der Waals surface area (Å²) in [5, 5.41) is 0. The molecule has 15 heavy (non-hydrogen) atoms. The normalized spacial score (nSPS) is 10.7. The van der Waals surface area contributed by atoms with Gasteiger partial charge in [0.25, 0.3) is 0 Å². The second kappa shape index (κ2) is 6.40. The lowest BCUT2D eigenvalue weighted by Crippen LogP contribution is -2.19. The lowest BCUT2D eigenvalue weighted by molar-refractivity contribution is 0.348. The molecule has 0 radical (unpaired) electrons. The summed E-state index contributed by atoms with van der Waals surface area (Å²) in [5.74, 6) is 1.75. The maximum atomic E-state index is 5.18. The van der Waals surface area contributed by atoms with Gasteiger partial charge in [0, 0.05) is 18.8 Å². The minimum absolute atomic E-state index is 0.871. The van der Waals surface area contributed by atoms with Crippen LogP contribution >= 0.6 is 28.6 Å². The molecule has 0 amide bonds. The van der Waals surface area contributed by atoms with Crippen LogP contribution < -0.4 is 4.74 Å². The van der Waals surface area contributed by atoms with Crippen molar-refractivity contribution in [1.82, 2.24) is 4.90 Å². The van der Waals surface area contributed by atoms with Gasteiger partial charge >= 0.3 is 0 Å². The summed E-state index contributed by atoms with van der Waals surface area (Å²) in [6, 6.07) is 6.15. The molecular formula is C11H16BrNOS. The van der Waals surface area contributed by atoms with Crippen LogP contribution in [0.1, 0.15) is 5.56 Å². The summed E-state index contributed by atoms with van der Waals surface area (Å²) >= 11 is 7.68. The van der Waals surface area contributed by atoms with E-state index in [1.807, 2.05) is 6.07 Å². The molecule has 4 heteroatoms. The molecule has 0 atom stereocenters. The second-order valence-corrected chi connectivity index (χ2v) is 4.73. The average molecular weight is 290 g/mol. The third kappa shape index (κ3) is 4.05.